The molecule has 0 heterocycles. The average molecular weight is 316 g/mol. The molecule has 0 saturated heterocycles. The highest BCUT2D eigenvalue weighted by molar-refractivity contribution is 7.80. The van der Waals surface area contributed by atoms with Crippen LogP contribution in [0, 0.1) is 5.82 Å². The molecule has 2 N–H and O–H groups in total. The van der Waals surface area contributed by atoms with Gasteiger partial charge in [-0.3, -0.25) is 4.79 Å². The van der Waals surface area contributed by atoms with Gasteiger partial charge in [0.05, 0.1) is 11.6 Å². The van der Waals surface area contributed by atoms with E-state index in [0.29, 0.717) is 16.8 Å². The Morgan fingerprint density at radius 1 is 1.55 bits per heavy atom. The van der Waals surface area contributed by atoms with Crippen molar-refractivity contribution in [2.24, 2.45) is 0 Å². The van der Waals surface area contributed by atoms with Gasteiger partial charge >= 0.3 is 0 Å². The third-order valence-electron chi connectivity index (χ3n) is 2.84. The molecule has 1 aliphatic rings. The Morgan fingerprint density at radius 3 is 2.85 bits per heavy atom. The zero-order valence-corrected chi connectivity index (χ0v) is 12.5. The predicted molar refractivity (Wildman–Crippen MR) is 81.4 cm³/mol. The number of thiocarbonyl (C=S) groups is 1. The molecule has 4 nitrogen and oxygen atoms in total. The first-order chi connectivity index (χ1) is 9.45. The number of hydrogen-bond acceptors (Lipinski definition) is 2. The van der Waals surface area contributed by atoms with Crippen LogP contribution in [0.1, 0.15) is 12.8 Å². The van der Waals surface area contributed by atoms with Crippen molar-refractivity contribution in [2.75, 3.05) is 18.9 Å². The highest BCUT2D eigenvalue weighted by atomic mass is 35.5. The van der Waals surface area contributed by atoms with Crippen molar-refractivity contribution in [2.45, 2.75) is 18.9 Å². The highest BCUT2D eigenvalue weighted by Crippen LogP contribution is 2.20. The Bertz CT molecular complexity index is 536. The van der Waals surface area contributed by atoms with Crippen molar-refractivity contribution in [3.63, 3.8) is 0 Å². The molecule has 1 aromatic rings. The van der Waals surface area contributed by atoms with E-state index in [9.17, 15) is 9.18 Å². The normalized spacial score (nSPS) is 13.8. The molecule has 0 unspecified atom stereocenters. The fraction of sp³-hybridized carbons (Fsp3) is 0.385. The molecule has 0 aliphatic heterocycles. The SMILES string of the molecule is CN(CC(=O)NC1CC1)C(=S)Nc1ccc(F)c(Cl)c1. The van der Waals surface area contributed by atoms with Gasteiger partial charge in [0.2, 0.25) is 5.91 Å². The van der Waals surface area contributed by atoms with Gasteiger partial charge in [-0.05, 0) is 43.3 Å². The van der Waals surface area contributed by atoms with Gasteiger partial charge in [-0.25, -0.2) is 4.39 Å². The molecule has 20 heavy (non-hydrogen) atoms. The molecule has 1 aromatic carbocycles. The molecule has 0 aromatic heterocycles. The van der Waals surface area contributed by atoms with Crippen LogP contribution in [0.3, 0.4) is 0 Å². The van der Waals surface area contributed by atoms with Gasteiger partial charge in [0.1, 0.15) is 5.82 Å². The number of nitrogens with one attached hydrogen (secondary N) is 2. The van der Waals surface area contributed by atoms with Crippen LogP contribution in [0.2, 0.25) is 5.02 Å². The van der Waals surface area contributed by atoms with Gasteiger partial charge in [-0.1, -0.05) is 11.6 Å². The van der Waals surface area contributed by atoms with Gasteiger partial charge < -0.3 is 15.5 Å². The number of anilines is 1. The Labute approximate surface area is 127 Å². The molecule has 0 radical (unpaired) electrons. The summed E-state index contributed by atoms with van der Waals surface area (Å²) in [7, 11) is 1.72. The lowest BCUT2D eigenvalue weighted by atomic mass is 10.3. The summed E-state index contributed by atoms with van der Waals surface area (Å²) < 4.78 is 13.0. The molecule has 108 valence electrons. The maximum Gasteiger partial charge on any atom is 0.239 e. The molecule has 1 aliphatic carbocycles. The van der Waals surface area contributed by atoms with Crippen molar-refractivity contribution in [3.8, 4) is 0 Å². The lowest BCUT2D eigenvalue weighted by Crippen LogP contribution is -2.40. The van der Waals surface area contributed by atoms with Gasteiger partial charge in [-0.15, -0.1) is 0 Å². The number of carbonyl (C=O) groups is 1. The summed E-state index contributed by atoms with van der Waals surface area (Å²) >= 11 is 10.9. The third kappa shape index (κ3) is 4.31. The number of nitrogens with zero attached hydrogens (tertiary/aromatic N) is 1. The molecule has 1 fully saturated rings. The van der Waals surface area contributed by atoms with Crippen LogP contribution in [-0.4, -0.2) is 35.6 Å². The van der Waals surface area contributed by atoms with Crippen molar-refractivity contribution in [1.29, 1.82) is 0 Å². The monoisotopic (exact) mass is 315 g/mol. The second-order valence-electron chi connectivity index (χ2n) is 4.76. The maximum atomic E-state index is 13.0. The zero-order chi connectivity index (χ0) is 14.7. The van der Waals surface area contributed by atoms with Gasteiger partial charge in [0.15, 0.2) is 5.11 Å². The first-order valence-electron chi connectivity index (χ1n) is 6.22. The second-order valence-corrected chi connectivity index (χ2v) is 5.55. The van der Waals surface area contributed by atoms with Gasteiger partial charge in [0, 0.05) is 18.8 Å². The predicted octanol–water partition coefficient (Wildman–Crippen LogP) is 2.39. The fourth-order valence-corrected chi connectivity index (χ4v) is 1.94. The van der Waals surface area contributed by atoms with E-state index in [2.05, 4.69) is 10.6 Å². The second kappa shape index (κ2) is 6.37. The lowest BCUT2D eigenvalue weighted by molar-refractivity contribution is -0.121. The molecule has 2 rings (SSSR count). The summed E-state index contributed by atoms with van der Waals surface area (Å²) in [5.74, 6) is -0.545. The molecule has 1 amide bonds. The smallest absolute Gasteiger partial charge is 0.239 e. The number of amides is 1. The number of hydrogen-bond donors (Lipinski definition) is 2. The maximum absolute atomic E-state index is 13.0. The van der Waals surface area contributed by atoms with Crippen molar-refractivity contribution >= 4 is 40.5 Å². The van der Waals surface area contributed by atoms with Crippen LogP contribution in [0.25, 0.3) is 0 Å². The highest BCUT2D eigenvalue weighted by Gasteiger charge is 2.23. The molecule has 0 spiro atoms. The summed E-state index contributed by atoms with van der Waals surface area (Å²) in [6, 6.07) is 4.56. The molecule has 1 saturated carbocycles. The largest absolute Gasteiger partial charge is 0.352 e. The summed E-state index contributed by atoms with van der Waals surface area (Å²) in [6.45, 7) is 0.178. The minimum Gasteiger partial charge on any atom is -0.352 e. The van der Waals surface area contributed by atoms with E-state index in [1.54, 1.807) is 11.9 Å². The van der Waals surface area contributed by atoms with Gasteiger partial charge in [0.25, 0.3) is 0 Å². The Kier molecular flexibility index (Phi) is 4.77. The zero-order valence-electron chi connectivity index (χ0n) is 11.0. The van der Waals surface area contributed by atoms with E-state index in [-0.39, 0.29) is 17.5 Å². The number of benzene rings is 1. The quantitative estimate of drug-likeness (QED) is 0.837. The third-order valence-corrected chi connectivity index (χ3v) is 3.54. The van der Waals surface area contributed by atoms with Crippen molar-refractivity contribution in [3.05, 3.63) is 29.0 Å². The minimum atomic E-state index is -0.486. The first-order valence-corrected chi connectivity index (χ1v) is 7.01. The Hall–Kier alpha value is -1.40. The summed E-state index contributed by atoms with van der Waals surface area (Å²) in [5, 5.41) is 6.19. The fourth-order valence-electron chi connectivity index (χ4n) is 1.58. The average Bonchev–Trinajstić information content (AvgIpc) is 3.17. The van der Waals surface area contributed by atoms with Gasteiger partial charge in [-0.2, -0.15) is 0 Å². The van der Waals surface area contributed by atoms with Crippen LogP contribution in [0.4, 0.5) is 10.1 Å². The van der Waals surface area contributed by atoms with Crippen LogP contribution < -0.4 is 10.6 Å². The van der Waals surface area contributed by atoms with Crippen molar-refractivity contribution < 1.29 is 9.18 Å². The van der Waals surface area contributed by atoms with Crippen LogP contribution >= 0.6 is 23.8 Å². The number of carbonyl (C=O) groups excluding carboxylic acids is 1. The van der Waals surface area contributed by atoms with Crippen LogP contribution in [0.15, 0.2) is 18.2 Å². The first kappa shape index (κ1) is 15.0. The molecular weight excluding hydrogens is 301 g/mol. The molecule has 7 heteroatoms. The van der Waals surface area contributed by atoms with E-state index >= 15 is 0 Å². The molecule has 0 bridgehead atoms. The lowest BCUT2D eigenvalue weighted by Gasteiger charge is -2.20. The summed E-state index contributed by atoms with van der Waals surface area (Å²) in [5.41, 5.74) is 0.579. The van der Waals surface area contributed by atoms with Crippen LogP contribution in [-0.2, 0) is 4.79 Å². The van der Waals surface area contributed by atoms with E-state index < -0.39 is 5.82 Å². The van der Waals surface area contributed by atoms with E-state index in [0.717, 1.165) is 12.8 Å². The Morgan fingerprint density at radius 2 is 2.25 bits per heavy atom. The van der Waals surface area contributed by atoms with E-state index in [1.807, 2.05) is 0 Å². The Balaban J connectivity index is 1.86. The van der Waals surface area contributed by atoms with Crippen LogP contribution in [0.5, 0.6) is 0 Å². The number of halogens is 2. The summed E-state index contributed by atoms with van der Waals surface area (Å²) in [4.78, 5) is 13.3. The number of rotatable bonds is 4. The number of likely N-dealkylation sites (N-methyl/N-ethyl adjacent to an activating group) is 1. The van der Waals surface area contributed by atoms with Crippen molar-refractivity contribution in [1.82, 2.24) is 10.2 Å². The van der Waals surface area contributed by atoms with E-state index in [1.165, 1.54) is 18.2 Å². The van der Waals surface area contributed by atoms with E-state index in [4.69, 9.17) is 23.8 Å². The molecular formula is C13H15ClFN3OS. The summed E-state index contributed by atoms with van der Waals surface area (Å²) in [6.07, 6.45) is 2.10. The molecule has 0 atom stereocenters. The topological polar surface area (TPSA) is 44.4 Å². The minimum absolute atomic E-state index is 0.0203. The standard InChI is InChI=1S/C13H15ClFN3OS/c1-18(7-12(19)16-8-2-3-8)13(20)17-9-4-5-11(15)10(14)6-9/h4-6,8H,2-3,7H2,1H3,(H,16,19)(H,17,20).